The summed E-state index contributed by atoms with van der Waals surface area (Å²) in [7, 11) is 4.14. The van der Waals surface area contributed by atoms with E-state index in [-0.39, 0.29) is 0 Å². The fourth-order valence-electron chi connectivity index (χ4n) is 2.11. The molecule has 0 aliphatic rings. The van der Waals surface area contributed by atoms with E-state index in [0.29, 0.717) is 6.04 Å². The summed E-state index contributed by atoms with van der Waals surface area (Å²) in [5, 5.41) is 6.89. The van der Waals surface area contributed by atoms with Crippen LogP contribution < -0.4 is 10.6 Å². The molecule has 0 radical (unpaired) electrons. The van der Waals surface area contributed by atoms with E-state index in [1.807, 2.05) is 7.05 Å². The second-order valence-electron chi connectivity index (χ2n) is 4.78. The van der Waals surface area contributed by atoms with Crippen LogP contribution in [0.25, 0.3) is 0 Å². The number of nitrogens with zero attached hydrogens (tertiary/aromatic N) is 1. The predicted molar refractivity (Wildman–Crippen MR) is 81.5 cm³/mol. The average molecular weight is 249 g/mol. The summed E-state index contributed by atoms with van der Waals surface area (Å²) >= 11 is 0. The molecule has 1 aromatic carbocycles. The molecule has 102 valence electrons. The highest BCUT2D eigenvalue weighted by Gasteiger charge is 2.11. The minimum atomic E-state index is 0.509. The summed E-state index contributed by atoms with van der Waals surface area (Å²) in [5.41, 5.74) is 2.36. The highest BCUT2D eigenvalue weighted by molar-refractivity contribution is 5.68. The lowest BCUT2D eigenvalue weighted by atomic mass is 10.1. The molecule has 0 heterocycles. The van der Waals surface area contributed by atoms with Gasteiger partial charge in [-0.15, -0.1) is 0 Å². The molecule has 1 aromatic rings. The van der Waals surface area contributed by atoms with Crippen molar-refractivity contribution in [3.8, 4) is 0 Å². The van der Waals surface area contributed by atoms with Gasteiger partial charge >= 0.3 is 0 Å². The van der Waals surface area contributed by atoms with Gasteiger partial charge < -0.3 is 15.5 Å². The highest BCUT2D eigenvalue weighted by Crippen LogP contribution is 2.22. The molecule has 3 heteroatoms. The van der Waals surface area contributed by atoms with Crippen LogP contribution in [-0.2, 0) is 0 Å². The maximum Gasteiger partial charge on any atom is 0.0578 e. The second kappa shape index (κ2) is 7.98. The molecule has 3 nitrogen and oxygen atoms in total. The molecule has 0 fully saturated rings. The summed E-state index contributed by atoms with van der Waals surface area (Å²) in [6.07, 6.45) is 2.40. The van der Waals surface area contributed by atoms with Gasteiger partial charge in [0.05, 0.1) is 11.4 Å². The van der Waals surface area contributed by atoms with Crippen LogP contribution in [0.1, 0.15) is 26.7 Å². The van der Waals surface area contributed by atoms with Crippen LogP contribution in [0.4, 0.5) is 11.4 Å². The quantitative estimate of drug-likeness (QED) is 0.740. The molecular formula is C15H27N3. The van der Waals surface area contributed by atoms with E-state index in [1.165, 1.54) is 18.5 Å². The van der Waals surface area contributed by atoms with Crippen LogP contribution in [0.3, 0.4) is 0 Å². The second-order valence-corrected chi connectivity index (χ2v) is 4.78. The largest absolute Gasteiger partial charge is 0.386 e. The topological polar surface area (TPSA) is 27.3 Å². The molecule has 1 unspecified atom stereocenters. The Morgan fingerprint density at radius 1 is 1.17 bits per heavy atom. The molecular weight excluding hydrogens is 222 g/mol. The summed E-state index contributed by atoms with van der Waals surface area (Å²) in [6.45, 7) is 6.62. The van der Waals surface area contributed by atoms with Gasteiger partial charge in [0.15, 0.2) is 0 Å². The first-order valence-corrected chi connectivity index (χ1v) is 6.93. The molecule has 0 aliphatic heterocycles. The summed E-state index contributed by atoms with van der Waals surface area (Å²) in [5.74, 6) is 0. The van der Waals surface area contributed by atoms with Crippen molar-refractivity contribution < 1.29 is 0 Å². The molecule has 1 rings (SSSR count). The first kappa shape index (κ1) is 14.8. The van der Waals surface area contributed by atoms with E-state index < -0.39 is 0 Å². The predicted octanol–water partition coefficient (Wildman–Crippen LogP) is 3.26. The number of anilines is 2. The van der Waals surface area contributed by atoms with Crippen molar-refractivity contribution in [2.24, 2.45) is 0 Å². The van der Waals surface area contributed by atoms with Gasteiger partial charge in [0, 0.05) is 19.6 Å². The maximum atomic E-state index is 3.66. The fourth-order valence-corrected chi connectivity index (χ4v) is 2.11. The Morgan fingerprint density at radius 3 is 2.39 bits per heavy atom. The van der Waals surface area contributed by atoms with E-state index in [4.69, 9.17) is 0 Å². The van der Waals surface area contributed by atoms with Crippen molar-refractivity contribution in [3.05, 3.63) is 24.3 Å². The van der Waals surface area contributed by atoms with Gasteiger partial charge in [0.25, 0.3) is 0 Å². The van der Waals surface area contributed by atoms with Gasteiger partial charge in [-0.05, 0) is 32.1 Å². The zero-order valence-corrected chi connectivity index (χ0v) is 12.2. The molecule has 18 heavy (non-hydrogen) atoms. The molecule has 0 aliphatic carbocycles. The molecule has 0 saturated carbocycles. The van der Waals surface area contributed by atoms with Crippen molar-refractivity contribution in [1.29, 1.82) is 0 Å². The number of likely N-dealkylation sites (N-methyl/N-ethyl adjacent to an activating group) is 1. The van der Waals surface area contributed by atoms with Crippen LogP contribution in [0.2, 0.25) is 0 Å². The number of para-hydroxylation sites is 2. The van der Waals surface area contributed by atoms with Gasteiger partial charge in [-0.3, -0.25) is 0 Å². The third kappa shape index (κ3) is 4.57. The van der Waals surface area contributed by atoms with Crippen LogP contribution in [-0.4, -0.2) is 38.1 Å². The summed E-state index contributed by atoms with van der Waals surface area (Å²) < 4.78 is 0. The van der Waals surface area contributed by atoms with Crippen molar-refractivity contribution in [3.63, 3.8) is 0 Å². The standard InChI is InChI=1S/C15H27N3/c1-5-9-13(12-18(4)6-2)17-15-11-8-7-10-14(15)16-3/h7-8,10-11,13,16-17H,5-6,9,12H2,1-4H3. The van der Waals surface area contributed by atoms with E-state index in [9.17, 15) is 0 Å². The normalized spacial score (nSPS) is 12.5. The zero-order chi connectivity index (χ0) is 13.4. The lowest BCUT2D eigenvalue weighted by Crippen LogP contribution is -2.34. The molecule has 0 saturated heterocycles. The number of hydrogen-bond acceptors (Lipinski definition) is 3. The maximum absolute atomic E-state index is 3.66. The Bertz CT molecular complexity index is 338. The Labute approximate surface area is 112 Å². The van der Waals surface area contributed by atoms with Crippen LogP contribution in [0, 0.1) is 0 Å². The molecule has 0 aromatic heterocycles. The molecule has 0 bridgehead atoms. The minimum Gasteiger partial charge on any atom is -0.386 e. The monoisotopic (exact) mass is 249 g/mol. The van der Waals surface area contributed by atoms with E-state index >= 15 is 0 Å². The number of rotatable bonds is 8. The van der Waals surface area contributed by atoms with Gasteiger partial charge in [0.2, 0.25) is 0 Å². The summed E-state index contributed by atoms with van der Waals surface area (Å²) in [6, 6.07) is 8.89. The van der Waals surface area contributed by atoms with Gasteiger partial charge in [0.1, 0.15) is 0 Å². The third-order valence-corrected chi connectivity index (χ3v) is 3.27. The zero-order valence-electron chi connectivity index (χ0n) is 12.2. The van der Waals surface area contributed by atoms with E-state index in [1.54, 1.807) is 0 Å². The van der Waals surface area contributed by atoms with Crippen LogP contribution in [0.15, 0.2) is 24.3 Å². The molecule has 2 N–H and O–H groups in total. The number of nitrogens with one attached hydrogen (secondary N) is 2. The Kier molecular flexibility index (Phi) is 6.58. The SMILES string of the molecule is CCCC(CN(C)CC)Nc1ccccc1NC. The minimum absolute atomic E-state index is 0.509. The van der Waals surface area contributed by atoms with Crippen LogP contribution in [0.5, 0.6) is 0 Å². The lowest BCUT2D eigenvalue weighted by Gasteiger charge is -2.25. The van der Waals surface area contributed by atoms with Gasteiger partial charge in [-0.25, -0.2) is 0 Å². The smallest absolute Gasteiger partial charge is 0.0578 e. The van der Waals surface area contributed by atoms with E-state index in [2.05, 4.69) is 60.7 Å². The highest BCUT2D eigenvalue weighted by atomic mass is 15.1. The third-order valence-electron chi connectivity index (χ3n) is 3.27. The van der Waals surface area contributed by atoms with Crippen molar-refractivity contribution in [1.82, 2.24) is 4.90 Å². The fraction of sp³-hybridized carbons (Fsp3) is 0.600. The molecule has 1 atom stereocenters. The molecule has 0 spiro atoms. The average Bonchev–Trinajstić information content (AvgIpc) is 2.39. The van der Waals surface area contributed by atoms with E-state index in [0.717, 1.165) is 18.8 Å². The first-order chi connectivity index (χ1) is 8.71. The van der Waals surface area contributed by atoms with Gasteiger partial charge in [-0.1, -0.05) is 32.4 Å². The summed E-state index contributed by atoms with van der Waals surface area (Å²) in [4.78, 5) is 2.36. The lowest BCUT2D eigenvalue weighted by molar-refractivity contribution is 0.327. The Morgan fingerprint density at radius 2 is 1.83 bits per heavy atom. The van der Waals surface area contributed by atoms with Crippen molar-refractivity contribution in [2.75, 3.05) is 37.8 Å². The number of benzene rings is 1. The Hall–Kier alpha value is -1.22. The van der Waals surface area contributed by atoms with Crippen molar-refractivity contribution >= 4 is 11.4 Å². The van der Waals surface area contributed by atoms with Crippen LogP contribution >= 0.6 is 0 Å². The first-order valence-electron chi connectivity index (χ1n) is 6.93. The van der Waals surface area contributed by atoms with Gasteiger partial charge in [-0.2, -0.15) is 0 Å². The van der Waals surface area contributed by atoms with Crippen molar-refractivity contribution in [2.45, 2.75) is 32.7 Å². The molecule has 0 amide bonds. The number of hydrogen-bond donors (Lipinski definition) is 2. The Balaban J connectivity index is 2.69.